The highest BCUT2D eigenvalue weighted by Gasteiger charge is 2.10. The number of benzene rings is 2. The minimum absolute atomic E-state index is 0.0387. The molecular formula is C23H28N2O2S3. The standard InChI is InChI=1S/C23H28N2O2S3/c1-16-14-20-21(15-17(16)2)30-23(25(20)11-13-28-4)24-22(26)6-5-12-29-19-9-7-18(27-3)8-10-19/h7-10,14-15H,5-6,11-13H2,1-4H3. The van der Waals surface area contributed by atoms with Crippen LogP contribution < -0.4 is 9.54 Å². The molecule has 0 atom stereocenters. The molecule has 0 aliphatic heterocycles. The number of fused-ring (bicyclic) bond motifs is 1. The molecule has 1 heterocycles. The topological polar surface area (TPSA) is 43.6 Å². The second kappa shape index (κ2) is 11.1. The van der Waals surface area contributed by atoms with E-state index >= 15 is 0 Å². The first-order chi connectivity index (χ1) is 14.5. The number of amides is 1. The van der Waals surface area contributed by atoms with Crippen LogP contribution >= 0.6 is 34.9 Å². The summed E-state index contributed by atoms with van der Waals surface area (Å²) in [6.45, 7) is 5.13. The van der Waals surface area contributed by atoms with Gasteiger partial charge in [-0.1, -0.05) is 11.3 Å². The van der Waals surface area contributed by atoms with E-state index in [9.17, 15) is 4.79 Å². The molecule has 0 bridgehead atoms. The molecule has 1 aromatic heterocycles. The summed E-state index contributed by atoms with van der Waals surface area (Å²) >= 11 is 5.18. The Morgan fingerprint density at radius 2 is 1.87 bits per heavy atom. The van der Waals surface area contributed by atoms with Crippen molar-refractivity contribution in [2.45, 2.75) is 38.1 Å². The number of aromatic nitrogens is 1. The molecule has 0 radical (unpaired) electrons. The predicted octanol–water partition coefficient (Wildman–Crippen LogP) is 5.69. The lowest BCUT2D eigenvalue weighted by Crippen LogP contribution is -2.18. The third kappa shape index (κ3) is 5.93. The van der Waals surface area contributed by atoms with Gasteiger partial charge in [-0.3, -0.25) is 4.79 Å². The van der Waals surface area contributed by atoms with Crippen molar-refractivity contribution in [1.82, 2.24) is 4.57 Å². The van der Waals surface area contributed by atoms with Gasteiger partial charge in [-0.05, 0) is 79.8 Å². The Morgan fingerprint density at radius 3 is 2.57 bits per heavy atom. The molecule has 3 aromatic rings. The van der Waals surface area contributed by atoms with E-state index in [0.717, 1.165) is 35.0 Å². The largest absolute Gasteiger partial charge is 0.497 e. The zero-order chi connectivity index (χ0) is 21.5. The van der Waals surface area contributed by atoms with E-state index in [0.29, 0.717) is 6.42 Å². The molecule has 160 valence electrons. The fraction of sp³-hybridized carbons (Fsp3) is 0.391. The van der Waals surface area contributed by atoms with Crippen molar-refractivity contribution in [3.8, 4) is 5.75 Å². The lowest BCUT2D eigenvalue weighted by atomic mass is 10.1. The molecule has 0 spiro atoms. The van der Waals surface area contributed by atoms with Crippen LogP contribution in [0, 0.1) is 13.8 Å². The highest BCUT2D eigenvalue weighted by Crippen LogP contribution is 2.23. The molecule has 0 N–H and O–H groups in total. The Balaban J connectivity index is 1.67. The third-order valence-electron chi connectivity index (χ3n) is 4.90. The maximum absolute atomic E-state index is 12.5. The van der Waals surface area contributed by atoms with Gasteiger partial charge in [0.15, 0.2) is 4.80 Å². The smallest absolute Gasteiger partial charge is 0.248 e. The predicted molar refractivity (Wildman–Crippen MR) is 131 cm³/mol. The van der Waals surface area contributed by atoms with Gasteiger partial charge in [0.1, 0.15) is 5.75 Å². The normalized spacial score (nSPS) is 11.9. The second-order valence-electron chi connectivity index (χ2n) is 7.07. The van der Waals surface area contributed by atoms with Crippen molar-refractivity contribution in [2.24, 2.45) is 4.99 Å². The molecule has 7 heteroatoms. The van der Waals surface area contributed by atoms with Gasteiger partial charge in [0.05, 0.1) is 17.3 Å². The maximum atomic E-state index is 12.5. The number of carbonyl (C=O) groups excluding carboxylic acids is 1. The number of rotatable bonds is 9. The SMILES string of the molecule is COc1ccc(SCCCC(=O)N=c2sc3cc(C)c(C)cc3n2CCSC)cc1. The molecule has 0 aliphatic carbocycles. The van der Waals surface area contributed by atoms with Crippen LogP contribution in [0.1, 0.15) is 24.0 Å². The molecule has 3 rings (SSSR count). The third-order valence-corrected chi connectivity index (χ3v) is 7.63. The minimum Gasteiger partial charge on any atom is -0.497 e. The zero-order valence-electron chi connectivity index (χ0n) is 17.9. The van der Waals surface area contributed by atoms with Crippen molar-refractivity contribution in [2.75, 3.05) is 24.9 Å². The van der Waals surface area contributed by atoms with Crippen molar-refractivity contribution >= 4 is 51.0 Å². The molecule has 0 unspecified atom stereocenters. The van der Waals surface area contributed by atoms with Gasteiger partial charge < -0.3 is 9.30 Å². The molecule has 0 saturated carbocycles. The summed E-state index contributed by atoms with van der Waals surface area (Å²) in [6, 6.07) is 12.4. The number of ether oxygens (including phenoxy) is 1. The molecule has 1 amide bonds. The van der Waals surface area contributed by atoms with Crippen molar-refractivity contribution in [1.29, 1.82) is 0 Å². The van der Waals surface area contributed by atoms with Gasteiger partial charge in [0, 0.05) is 23.6 Å². The van der Waals surface area contributed by atoms with E-state index in [1.54, 1.807) is 42.0 Å². The highest BCUT2D eigenvalue weighted by molar-refractivity contribution is 7.99. The highest BCUT2D eigenvalue weighted by atomic mass is 32.2. The summed E-state index contributed by atoms with van der Waals surface area (Å²) in [5.74, 6) is 2.71. The first-order valence-electron chi connectivity index (χ1n) is 9.95. The average Bonchev–Trinajstić information content (AvgIpc) is 3.06. The molecule has 30 heavy (non-hydrogen) atoms. The fourth-order valence-corrected chi connectivity index (χ4v) is 5.42. The van der Waals surface area contributed by atoms with Crippen LogP contribution in [0.15, 0.2) is 46.3 Å². The maximum Gasteiger partial charge on any atom is 0.248 e. The van der Waals surface area contributed by atoms with E-state index in [2.05, 4.69) is 41.8 Å². The van der Waals surface area contributed by atoms with Crippen LogP contribution in [0.3, 0.4) is 0 Å². The first-order valence-corrected chi connectivity index (χ1v) is 13.2. The molecular weight excluding hydrogens is 432 g/mol. The van der Waals surface area contributed by atoms with Gasteiger partial charge in [0.2, 0.25) is 5.91 Å². The summed E-state index contributed by atoms with van der Waals surface area (Å²) in [4.78, 5) is 19.0. The number of hydrogen-bond acceptors (Lipinski definition) is 5. The Labute approximate surface area is 190 Å². The number of methoxy groups -OCH3 is 1. The molecule has 0 saturated heterocycles. The van der Waals surface area contributed by atoms with Gasteiger partial charge in [0.25, 0.3) is 0 Å². The lowest BCUT2D eigenvalue weighted by molar-refractivity contribution is -0.118. The summed E-state index contributed by atoms with van der Waals surface area (Å²) in [5.41, 5.74) is 3.72. The van der Waals surface area contributed by atoms with E-state index in [-0.39, 0.29) is 5.91 Å². The quantitative estimate of drug-likeness (QED) is 0.304. The Hall–Kier alpha value is -1.70. The van der Waals surface area contributed by atoms with E-state index in [1.807, 2.05) is 24.3 Å². The fourth-order valence-electron chi connectivity index (χ4n) is 3.05. The number of aryl methyl sites for hydroxylation is 3. The zero-order valence-corrected chi connectivity index (χ0v) is 20.4. The number of carbonyl (C=O) groups is 1. The van der Waals surface area contributed by atoms with Crippen LogP contribution in [-0.2, 0) is 11.3 Å². The van der Waals surface area contributed by atoms with Gasteiger partial charge in [-0.2, -0.15) is 16.8 Å². The minimum atomic E-state index is -0.0387. The Kier molecular flexibility index (Phi) is 8.48. The lowest BCUT2D eigenvalue weighted by Gasteiger charge is -2.06. The van der Waals surface area contributed by atoms with Crippen LogP contribution in [-0.4, -0.2) is 35.3 Å². The molecule has 4 nitrogen and oxygen atoms in total. The van der Waals surface area contributed by atoms with E-state index < -0.39 is 0 Å². The molecule has 0 fully saturated rings. The number of hydrogen-bond donors (Lipinski definition) is 0. The van der Waals surface area contributed by atoms with Crippen molar-refractivity contribution in [3.63, 3.8) is 0 Å². The van der Waals surface area contributed by atoms with Crippen LogP contribution in [0.4, 0.5) is 0 Å². The molecule has 2 aromatic carbocycles. The van der Waals surface area contributed by atoms with Crippen LogP contribution in [0.2, 0.25) is 0 Å². The first kappa shape index (κ1) is 23.0. The summed E-state index contributed by atoms with van der Waals surface area (Å²) in [5, 5.41) is 0. The number of nitrogens with zero attached hydrogens (tertiary/aromatic N) is 2. The van der Waals surface area contributed by atoms with Crippen LogP contribution in [0.5, 0.6) is 5.75 Å². The van der Waals surface area contributed by atoms with Crippen molar-refractivity contribution in [3.05, 3.63) is 52.3 Å². The van der Waals surface area contributed by atoms with Gasteiger partial charge in [-0.15, -0.1) is 11.8 Å². The second-order valence-corrected chi connectivity index (χ2v) is 10.2. The number of thiazole rings is 1. The Morgan fingerprint density at radius 1 is 1.13 bits per heavy atom. The van der Waals surface area contributed by atoms with Crippen molar-refractivity contribution < 1.29 is 9.53 Å². The Bertz CT molecular complexity index is 1070. The van der Waals surface area contributed by atoms with Gasteiger partial charge >= 0.3 is 0 Å². The average molecular weight is 461 g/mol. The molecule has 0 aliphatic rings. The monoisotopic (exact) mass is 460 g/mol. The van der Waals surface area contributed by atoms with E-state index in [4.69, 9.17) is 4.74 Å². The summed E-state index contributed by atoms with van der Waals surface area (Å²) in [7, 11) is 1.67. The summed E-state index contributed by atoms with van der Waals surface area (Å²) in [6.07, 6.45) is 3.39. The summed E-state index contributed by atoms with van der Waals surface area (Å²) < 4.78 is 8.58. The van der Waals surface area contributed by atoms with E-state index in [1.165, 1.54) is 26.2 Å². The number of thioether (sulfide) groups is 2. The van der Waals surface area contributed by atoms with Gasteiger partial charge in [-0.25, -0.2) is 0 Å². The van der Waals surface area contributed by atoms with Crippen LogP contribution in [0.25, 0.3) is 10.2 Å².